The summed E-state index contributed by atoms with van der Waals surface area (Å²) in [5, 5.41) is 59.4. The Morgan fingerprint density at radius 2 is 1.70 bits per heavy atom. The second kappa shape index (κ2) is 16.6. The Balaban J connectivity index is 1.27. The molecule has 2 aromatic rings. The van der Waals surface area contributed by atoms with Crippen LogP contribution in [0.4, 0.5) is 0 Å². The highest BCUT2D eigenvalue weighted by Gasteiger charge is 2.45. The number of hydrogen-bond donors (Lipinski definition) is 7. The molecule has 14 nitrogen and oxygen atoms in total. The smallest absolute Gasteiger partial charge is 0.244 e. The molecule has 2 saturated heterocycles. The molecule has 2 amide bonds. The molecule has 2 aliphatic heterocycles. The van der Waals surface area contributed by atoms with E-state index in [1.807, 2.05) is 38.1 Å². The summed E-state index contributed by atoms with van der Waals surface area (Å²) < 4.78 is 11.4. The van der Waals surface area contributed by atoms with E-state index in [1.54, 1.807) is 11.8 Å². The number of piperazine rings is 1. The van der Waals surface area contributed by atoms with Crippen LogP contribution in [0.2, 0.25) is 0 Å². The lowest BCUT2D eigenvalue weighted by Gasteiger charge is -2.39. The topological polar surface area (TPSA) is 201 Å². The summed E-state index contributed by atoms with van der Waals surface area (Å²) in [5.41, 5.74) is 3.64. The average molecular weight is 648 g/mol. The second-order valence-electron chi connectivity index (χ2n) is 12.4. The van der Waals surface area contributed by atoms with Gasteiger partial charge in [0, 0.05) is 56.8 Å². The molecule has 14 heteroatoms. The van der Waals surface area contributed by atoms with Crippen LogP contribution in [0, 0.1) is 0 Å². The third kappa shape index (κ3) is 9.03. The molecule has 46 heavy (non-hydrogen) atoms. The van der Waals surface area contributed by atoms with Crippen molar-refractivity contribution < 1.29 is 44.6 Å². The number of aromatic nitrogens is 2. The molecule has 256 valence electrons. The number of benzene rings is 1. The molecule has 3 heterocycles. The third-order valence-corrected chi connectivity index (χ3v) is 8.64. The zero-order valence-corrected chi connectivity index (χ0v) is 26.8. The Labute approximate surface area is 269 Å². The third-order valence-electron chi connectivity index (χ3n) is 8.64. The number of aromatic amines is 1. The van der Waals surface area contributed by atoms with Crippen LogP contribution in [0.3, 0.4) is 0 Å². The molecule has 7 N–H and O–H groups in total. The molecule has 4 rings (SSSR count). The van der Waals surface area contributed by atoms with Crippen molar-refractivity contribution in [1.82, 2.24) is 25.3 Å². The van der Waals surface area contributed by atoms with E-state index in [-0.39, 0.29) is 30.2 Å². The summed E-state index contributed by atoms with van der Waals surface area (Å²) >= 11 is 0. The highest BCUT2D eigenvalue weighted by atomic mass is 16.7. The SMILES string of the molecule is CC(C)c1[nH]nc(O[C@@H]2O[C@H](CO)[C@@H](O)[C@H](O)[C@H]2O)c1Cc1ccc(CCCC(=O)N[C@@H](C)C(=O)N2CCN(CCO)CC2)cc1. The Hall–Kier alpha value is -3.11. The number of carbonyl (C=O) groups is 2. The van der Waals surface area contributed by atoms with Crippen molar-refractivity contribution in [2.45, 2.75) is 89.1 Å². The standard InChI is InChI=1S/C32H49N5O9/c1-19(2)26-23(30(35-34-26)46-32-29(43)28(42)27(41)24(18-39)45-32)17-22-9-7-21(8-10-22)5-4-6-25(40)33-20(3)31(44)37-13-11-36(12-14-37)15-16-38/h7-10,19-20,24,27-29,32,38-39,41-43H,4-6,11-18H2,1-3H3,(H,33,40)(H,34,35)/t20-,24+,27+,28-,29+,32-/m0/s1. The van der Waals surface area contributed by atoms with Crippen molar-refractivity contribution in [3.8, 4) is 5.88 Å². The van der Waals surface area contributed by atoms with E-state index < -0.39 is 43.4 Å². The first kappa shape index (κ1) is 35.7. The second-order valence-corrected chi connectivity index (χ2v) is 12.4. The van der Waals surface area contributed by atoms with Gasteiger partial charge in [0.1, 0.15) is 30.5 Å². The number of aryl methyl sites for hydroxylation is 1. The summed E-state index contributed by atoms with van der Waals surface area (Å²) in [6.45, 7) is 8.46. The molecular formula is C32H49N5O9. The van der Waals surface area contributed by atoms with Crippen LogP contribution in [0.15, 0.2) is 24.3 Å². The van der Waals surface area contributed by atoms with Crippen LogP contribution in [-0.4, -0.2) is 140 Å². The molecule has 0 radical (unpaired) electrons. The monoisotopic (exact) mass is 647 g/mol. The van der Waals surface area contributed by atoms with Crippen LogP contribution in [0.1, 0.15) is 61.9 Å². The summed E-state index contributed by atoms with van der Waals surface area (Å²) in [5.74, 6) is 0.0250. The number of rotatable bonds is 14. The number of hydrogen-bond acceptors (Lipinski definition) is 11. The first-order valence-electron chi connectivity index (χ1n) is 16.1. The molecule has 0 bridgehead atoms. The predicted molar refractivity (Wildman–Crippen MR) is 167 cm³/mol. The average Bonchev–Trinajstić information content (AvgIpc) is 3.44. The fourth-order valence-electron chi connectivity index (χ4n) is 5.85. The maximum absolute atomic E-state index is 12.8. The molecule has 2 fully saturated rings. The van der Waals surface area contributed by atoms with Gasteiger partial charge in [-0.1, -0.05) is 38.1 Å². The molecule has 0 saturated carbocycles. The van der Waals surface area contributed by atoms with Gasteiger partial charge in [0.05, 0.1) is 13.2 Å². The molecule has 1 aromatic heterocycles. The van der Waals surface area contributed by atoms with Gasteiger partial charge in [-0.15, -0.1) is 5.10 Å². The number of H-pyrrole nitrogens is 1. The highest BCUT2D eigenvalue weighted by Crippen LogP contribution is 2.31. The van der Waals surface area contributed by atoms with Crippen molar-refractivity contribution in [3.63, 3.8) is 0 Å². The summed E-state index contributed by atoms with van der Waals surface area (Å²) in [6.07, 6.45) is -4.95. The molecular weight excluding hydrogens is 598 g/mol. The lowest BCUT2D eigenvalue weighted by Crippen LogP contribution is -2.60. The number of β-amino-alcohol motifs (C(OH)–C–C–N with tert-alkyl or cyclic N) is 1. The number of nitrogens with zero attached hydrogens (tertiary/aromatic N) is 3. The molecule has 0 spiro atoms. The van der Waals surface area contributed by atoms with Crippen LogP contribution in [0.25, 0.3) is 0 Å². The van der Waals surface area contributed by atoms with E-state index in [9.17, 15) is 30.0 Å². The molecule has 1 aromatic carbocycles. The number of aliphatic hydroxyl groups is 5. The van der Waals surface area contributed by atoms with Crippen molar-refractivity contribution in [2.24, 2.45) is 0 Å². The zero-order valence-electron chi connectivity index (χ0n) is 26.8. The molecule has 0 aliphatic carbocycles. The Morgan fingerprint density at radius 1 is 1.02 bits per heavy atom. The van der Waals surface area contributed by atoms with Gasteiger partial charge in [0.15, 0.2) is 0 Å². The number of nitrogens with one attached hydrogen (secondary N) is 2. The van der Waals surface area contributed by atoms with Gasteiger partial charge in [0.2, 0.25) is 24.0 Å². The minimum absolute atomic E-state index is 0.0835. The zero-order chi connectivity index (χ0) is 33.4. The number of ether oxygens (including phenoxy) is 2. The molecule has 2 aliphatic rings. The van der Waals surface area contributed by atoms with Crippen LogP contribution in [-0.2, 0) is 27.2 Å². The van der Waals surface area contributed by atoms with Crippen molar-refractivity contribution >= 4 is 11.8 Å². The normalized spacial score (nSPS) is 24.6. The van der Waals surface area contributed by atoms with Crippen molar-refractivity contribution in [2.75, 3.05) is 45.9 Å². The molecule has 0 unspecified atom stereocenters. The van der Waals surface area contributed by atoms with E-state index in [0.29, 0.717) is 58.4 Å². The lowest BCUT2D eigenvalue weighted by atomic mass is 9.97. The van der Waals surface area contributed by atoms with E-state index in [2.05, 4.69) is 20.4 Å². The maximum atomic E-state index is 12.8. The highest BCUT2D eigenvalue weighted by molar-refractivity contribution is 5.87. The first-order chi connectivity index (χ1) is 22.0. The Kier molecular flexibility index (Phi) is 12.9. The van der Waals surface area contributed by atoms with E-state index in [4.69, 9.17) is 14.6 Å². The van der Waals surface area contributed by atoms with Gasteiger partial charge in [-0.05, 0) is 36.8 Å². The van der Waals surface area contributed by atoms with Gasteiger partial charge in [-0.25, -0.2) is 0 Å². The fraction of sp³-hybridized carbons (Fsp3) is 0.656. The fourth-order valence-corrected chi connectivity index (χ4v) is 5.85. The summed E-state index contributed by atoms with van der Waals surface area (Å²) in [7, 11) is 0. The van der Waals surface area contributed by atoms with Crippen LogP contribution >= 0.6 is 0 Å². The predicted octanol–water partition coefficient (Wildman–Crippen LogP) is -0.733. The number of carbonyl (C=O) groups excluding carboxylic acids is 2. The van der Waals surface area contributed by atoms with Gasteiger partial charge in [-0.2, -0.15) is 0 Å². The first-order valence-corrected chi connectivity index (χ1v) is 16.1. The number of amides is 2. The minimum atomic E-state index is -1.56. The van der Waals surface area contributed by atoms with Crippen LogP contribution in [0.5, 0.6) is 5.88 Å². The number of aliphatic hydroxyl groups excluding tert-OH is 5. The largest absolute Gasteiger partial charge is 0.443 e. The Bertz CT molecular complexity index is 1260. The lowest BCUT2D eigenvalue weighted by molar-refractivity contribution is -0.278. The quantitative estimate of drug-likeness (QED) is 0.136. The van der Waals surface area contributed by atoms with E-state index in [1.165, 1.54) is 0 Å². The van der Waals surface area contributed by atoms with Crippen molar-refractivity contribution in [3.05, 3.63) is 46.6 Å². The Morgan fingerprint density at radius 3 is 2.33 bits per heavy atom. The summed E-state index contributed by atoms with van der Waals surface area (Å²) in [6, 6.07) is 7.40. The van der Waals surface area contributed by atoms with E-state index >= 15 is 0 Å². The van der Waals surface area contributed by atoms with Gasteiger partial charge < -0.3 is 45.2 Å². The van der Waals surface area contributed by atoms with Crippen LogP contribution < -0.4 is 10.1 Å². The van der Waals surface area contributed by atoms with E-state index in [0.717, 1.165) is 22.4 Å². The van der Waals surface area contributed by atoms with Crippen molar-refractivity contribution in [1.29, 1.82) is 0 Å². The molecule has 6 atom stereocenters. The van der Waals surface area contributed by atoms with Gasteiger partial charge in [-0.3, -0.25) is 19.6 Å². The van der Waals surface area contributed by atoms with Gasteiger partial charge >= 0.3 is 0 Å². The van der Waals surface area contributed by atoms with Gasteiger partial charge in [0.25, 0.3) is 0 Å². The minimum Gasteiger partial charge on any atom is -0.443 e. The summed E-state index contributed by atoms with van der Waals surface area (Å²) in [4.78, 5) is 29.2. The maximum Gasteiger partial charge on any atom is 0.244 e.